The summed E-state index contributed by atoms with van der Waals surface area (Å²) in [5.74, 6) is -0.370. The molecule has 0 aliphatic heterocycles. The molecule has 0 fully saturated rings. The summed E-state index contributed by atoms with van der Waals surface area (Å²) >= 11 is 6.12. The molecule has 3 aromatic carbocycles. The SMILES string of the molecule is CCOC(=O)c1cc(NC(=O)CN(c2cc(OC)ccc2OC)S(=O)(=O)c2ccc(OC)c(OC)c2)ccc1Cl. The third kappa shape index (κ3) is 6.69. The molecular formula is C27H29ClN2O9S. The van der Waals surface area contributed by atoms with Crippen LogP contribution in [0.25, 0.3) is 0 Å². The average molecular weight is 593 g/mol. The number of carbonyl (C=O) groups is 2. The van der Waals surface area contributed by atoms with Crippen molar-refractivity contribution in [3.8, 4) is 23.0 Å². The van der Waals surface area contributed by atoms with Crippen LogP contribution < -0.4 is 28.6 Å². The summed E-state index contributed by atoms with van der Waals surface area (Å²) in [5.41, 5.74) is 0.305. The number of hydrogen-bond acceptors (Lipinski definition) is 9. The number of benzene rings is 3. The van der Waals surface area contributed by atoms with Gasteiger partial charge in [-0.05, 0) is 49.4 Å². The molecule has 0 unspecified atom stereocenters. The molecular weight excluding hydrogens is 564 g/mol. The van der Waals surface area contributed by atoms with Gasteiger partial charge in [-0.1, -0.05) is 11.6 Å². The van der Waals surface area contributed by atoms with Crippen LogP contribution in [0, 0.1) is 0 Å². The fourth-order valence-corrected chi connectivity index (χ4v) is 5.33. The van der Waals surface area contributed by atoms with E-state index in [9.17, 15) is 18.0 Å². The van der Waals surface area contributed by atoms with Gasteiger partial charge in [0.25, 0.3) is 10.0 Å². The van der Waals surface area contributed by atoms with E-state index in [-0.39, 0.29) is 45.0 Å². The minimum absolute atomic E-state index is 0.0468. The number of nitrogens with zero attached hydrogens (tertiary/aromatic N) is 1. The van der Waals surface area contributed by atoms with Gasteiger partial charge < -0.3 is 29.0 Å². The van der Waals surface area contributed by atoms with Crippen molar-refractivity contribution >= 4 is 44.9 Å². The van der Waals surface area contributed by atoms with Gasteiger partial charge in [-0.15, -0.1) is 0 Å². The molecule has 0 atom stereocenters. The predicted octanol–water partition coefficient (Wildman–Crippen LogP) is 4.39. The quantitative estimate of drug-likeness (QED) is 0.304. The highest BCUT2D eigenvalue weighted by Gasteiger charge is 2.31. The second-order valence-corrected chi connectivity index (χ2v) is 10.3. The fourth-order valence-electron chi connectivity index (χ4n) is 3.69. The van der Waals surface area contributed by atoms with Crippen molar-refractivity contribution in [3.05, 3.63) is 65.2 Å². The average Bonchev–Trinajstić information content (AvgIpc) is 2.96. The molecule has 0 heterocycles. The molecule has 214 valence electrons. The van der Waals surface area contributed by atoms with Crippen molar-refractivity contribution in [2.45, 2.75) is 11.8 Å². The molecule has 0 saturated heterocycles. The Balaban J connectivity index is 2.06. The van der Waals surface area contributed by atoms with Crippen LogP contribution in [-0.2, 0) is 19.6 Å². The van der Waals surface area contributed by atoms with E-state index in [1.807, 2.05) is 0 Å². The maximum atomic E-state index is 14.0. The maximum absolute atomic E-state index is 14.0. The van der Waals surface area contributed by atoms with Gasteiger partial charge in [-0.3, -0.25) is 9.10 Å². The normalized spacial score (nSPS) is 10.8. The Labute approximate surface area is 237 Å². The highest BCUT2D eigenvalue weighted by atomic mass is 35.5. The van der Waals surface area contributed by atoms with E-state index in [1.54, 1.807) is 13.0 Å². The monoisotopic (exact) mass is 592 g/mol. The fraction of sp³-hybridized carbons (Fsp3) is 0.259. The Morgan fingerprint density at radius 1 is 0.850 bits per heavy atom. The van der Waals surface area contributed by atoms with E-state index < -0.39 is 28.4 Å². The highest BCUT2D eigenvalue weighted by Crippen LogP contribution is 2.37. The van der Waals surface area contributed by atoms with Crippen molar-refractivity contribution in [1.82, 2.24) is 0 Å². The van der Waals surface area contributed by atoms with E-state index in [2.05, 4.69) is 5.32 Å². The number of halogens is 1. The molecule has 1 N–H and O–H groups in total. The van der Waals surface area contributed by atoms with Gasteiger partial charge in [0.1, 0.15) is 18.0 Å². The highest BCUT2D eigenvalue weighted by molar-refractivity contribution is 7.92. The Bertz CT molecular complexity index is 1500. The summed E-state index contributed by atoms with van der Waals surface area (Å²) in [6, 6.07) is 12.9. The van der Waals surface area contributed by atoms with Gasteiger partial charge in [-0.2, -0.15) is 0 Å². The molecule has 0 bridgehead atoms. The van der Waals surface area contributed by atoms with Gasteiger partial charge >= 0.3 is 5.97 Å². The number of nitrogens with one attached hydrogen (secondary N) is 1. The molecule has 3 rings (SSSR count). The number of rotatable bonds is 12. The Morgan fingerprint density at radius 2 is 1.52 bits per heavy atom. The summed E-state index contributed by atoms with van der Waals surface area (Å²) in [4.78, 5) is 25.3. The van der Waals surface area contributed by atoms with Crippen LogP contribution in [0.5, 0.6) is 23.0 Å². The molecule has 40 heavy (non-hydrogen) atoms. The van der Waals surface area contributed by atoms with E-state index in [0.717, 1.165) is 4.31 Å². The van der Waals surface area contributed by atoms with Gasteiger partial charge in [0.2, 0.25) is 5.91 Å². The summed E-state index contributed by atoms with van der Waals surface area (Å²) in [6.45, 7) is 1.12. The standard InChI is InChI=1S/C27H29ClN2O9S/c1-6-39-27(32)20-13-17(7-10-21(20)28)29-26(31)16-30(22-14-18(35-2)8-11-23(22)36-3)40(33,34)19-9-12-24(37-4)25(15-19)38-5/h7-15H,6,16H2,1-5H3,(H,29,31). The van der Waals surface area contributed by atoms with E-state index in [0.29, 0.717) is 11.5 Å². The number of anilines is 2. The summed E-state index contributed by atoms with van der Waals surface area (Å²) in [7, 11) is 1.21. The first-order valence-corrected chi connectivity index (χ1v) is 13.6. The lowest BCUT2D eigenvalue weighted by Gasteiger charge is -2.26. The Morgan fingerprint density at radius 3 is 2.15 bits per heavy atom. The van der Waals surface area contributed by atoms with Gasteiger partial charge in [0.05, 0.1) is 56.2 Å². The van der Waals surface area contributed by atoms with Crippen LogP contribution in [0.2, 0.25) is 5.02 Å². The van der Waals surface area contributed by atoms with E-state index in [4.69, 9.17) is 35.3 Å². The lowest BCUT2D eigenvalue weighted by Crippen LogP contribution is -2.38. The smallest absolute Gasteiger partial charge is 0.339 e. The van der Waals surface area contributed by atoms with Gasteiger partial charge in [0, 0.05) is 17.8 Å². The predicted molar refractivity (Wildman–Crippen MR) is 150 cm³/mol. The van der Waals surface area contributed by atoms with E-state index >= 15 is 0 Å². The Hall–Kier alpha value is -4.16. The van der Waals surface area contributed by atoms with Crippen molar-refractivity contribution in [2.75, 3.05) is 51.2 Å². The van der Waals surface area contributed by atoms with Crippen molar-refractivity contribution in [2.24, 2.45) is 0 Å². The first-order valence-electron chi connectivity index (χ1n) is 11.8. The van der Waals surface area contributed by atoms with Crippen LogP contribution in [-0.4, -0.2) is 61.9 Å². The molecule has 0 spiro atoms. The number of esters is 1. The maximum Gasteiger partial charge on any atom is 0.339 e. The number of amides is 1. The van der Waals surface area contributed by atoms with Crippen LogP contribution in [0.15, 0.2) is 59.5 Å². The van der Waals surface area contributed by atoms with Gasteiger partial charge in [-0.25, -0.2) is 13.2 Å². The second-order valence-electron chi connectivity index (χ2n) is 8.03. The molecule has 3 aromatic rings. The first kappa shape index (κ1) is 30.4. The molecule has 13 heteroatoms. The lowest BCUT2D eigenvalue weighted by atomic mass is 10.2. The summed E-state index contributed by atoms with van der Waals surface area (Å²) in [5, 5.41) is 2.74. The minimum Gasteiger partial charge on any atom is -0.497 e. The summed E-state index contributed by atoms with van der Waals surface area (Å²) in [6.07, 6.45) is 0. The largest absolute Gasteiger partial charge is 0.497 e. The van der Waals surface area contributed by atoms with Gasteiger partial charge in [0.15, 0.2) is 11.5 Å². The number of carbonyl (C=O) groups excluding carboxylic acids is 2. The van der Waals surface area contributed by atoms with E-state index in [1.165, 1.54) is 77.0 Å². The number of hydrogen-bond donors (Lipinski definition) is 1. The molecule has 0 radical (unpaired) electrons. The zero-order chi connectivity index (χ0) is 29.4. The molecule has 0 aliphatic carbocycles. The molecule has 0 saturated carbocycles. The van der Waals surface area contributed by atoms with Crippen molar-refractivity contribution in [1.29, 1.82) is 0 Å². The Kier molecular flexibility index (Phi) is 10.1. The molecule has 0 aliphatic rings. The van der Waals surface area contributed by atoms with Crippen molar-refractivity contribution < 1.29 is 41.7 Å². The third-order valence-corrected chi connectivity index (χ3v) is 7.72. The van der Waals surface area contributed by atoms with Crippen LogP contribution >= 0.6 is 11.6 Å². The minimum atomic E-state index is -4.39. The molecule has 1 amide bonds. The second kappa shape index (κ2) is 13.3. The zero-order valence-electron chi connectivity index (χ0n) is 22.5. The molecule has 11 nitrogen and oxygen atoms in total. The van der Waals surface area contributed by atoms with Crippen LogP contribution in [0.1, 0.15) is 17.3 Å². The number of ether oxygens (including phenoxy) is 5. The van der Waals surface area contributed by atoms with Crippen LogP contribution in [0.3, 0.4) is 0 Å². The summed E-state index contributed by atoms with van der Waals surface area (Å²) < 4.78 is 55.1. The van der Waals surface area contributed by atoms with Crippen molar-refractivity contribution in [3.63, 3.8) is 0 Å². The molecule has 0 aromatic heterocycles. The zero-order valence-corrected chi connectivity index (χ0v) is 24.1. The third-order valence-electron chi connectivity index (χ3n) is 5.63. The number of methoxy groups -OCH3 is 4. The first-order chi connectivity index (χ1) is 19.1. The van der Waals surface area contributed by atoms with Crippen LogP contribution in [0.4, 0.5) is 11.4 Å². The lowest BCUT2D eigenvalue weighted by molar-refractivity contribution is -0.114. The topological polar surface area (TPSA) is 130 Å². The number of sulfonamides is 1.